The lowest BCUT2D eigenvalue weighted by atomic mass is 9.84. The maximum absolute atomic E-state index is 13.3. The van der Waals surface area contributed by atoms with Crippen LogP contribution in [0.4, 0.5) is 4.39 Å². The van der Waals surface area contributed by atoms with Gasteiger partial charge in [0.15, 0.2) is 0 Å². The second kappa shape index (κ2) is 9.75. The Morgan fingerprint density at radius 1 is 1.13 bits per heavy atom. The Morgan fingerprint density at radius 3 is 2.42 bits per heavy atom. The molecule has 1 saturated heterocycles. The van der Waals surface area contributed by atoms with Crippen LogP contribution in [0.2, 0.25) is 0 Å². The first-order valence-electron chi connectivity index (χ1n) is 10.5. The molecule has 4 N–H and O–H groups in total. The average molecular weight is 447 g/mol. The number of hydrogen-bond donors (Lipinski definition) is 3. The van der Waals surface area contributed by atoms with Crippen LogP contribution in [0.15, 0.2) is 36.4 Å². The largest absolute Gasteiger partial charge is 0.370 e. The van der Waals surface area contributed by atoms with E-state index in [-0.39, 0.29) is 30.6 Å². The van der Waals surface area contributed by atoms with Gasteiger partial charge < -0.3 is 16.4 Å². The topological polar surface area (TPSA) is 97.1 Å². The first kappa shape index (κ1) is 23.2. The second-order valence-corrected chi connectivity index (χ2v) is 8.44. The molecule has 1 aliphatic carbocycles. The summed E-state index contributed by atoms with van der Waals surface area (Å²) in [5.74, 6) is -0.508. The summed E-state index contributed by atoms with van der Waals surface area (Å²) < 4.78 is 13.3. The molecule has 2 heterocycles. The Balaban J connectivity index is 0.00000272. The molecule has 2 amide bonds. The molecular formula is C23H28ClFN4O2. The highest BCUT2D eigenvalue weighted by molar-refractivity contribution is 5.93. The number of carbonyl (C=O) groups excluding carboxylic acids is 2. The molecule has 1 aliphatic heterocycles. The lowest BCUT2D eigenvalue weighted by molar-refractivity contribution is -0.119. The first-order chi connectivity index (χ1) is 14.4. The van der Waals surface area contributed by atoms with Gasteiger partial charge in [0.05, 0.1) is 5.54 Å². The second-order valence-electron chi connectivity index (χ2n) is 8.44. The summed E-state index contributed by atoms with van der Waals surface area (Å²) in [6, 6.07) is 10.1. The number of nitrogens with two attached hydrogens (primary N) is 1. The number of nitrogens with zero attached hydrogens (tertiary/aromatic N) is 1. The monoisotopic (exact) mass is 446 g/mol. The Labute approximate surface area is 187 Å². The van der Waals surface area contributed by atoms with Crippen LogP contribution in [0.3, 0.4) is 0 Å². The van der Waals surface area contributed by atoms with Crippen molar-refractivity contribution in [2.24, 2.45) is 5.73 Å². The molecule has 1 aromatic heterocycles. The molecule has 0 radical (unpaired) electrons. The molecule has 2 fully saturated rings. The van der Waals surface area contributed by atoms with E-state index in [0.717, 1.165) is 42.8 Å². The summed E-state index contributed by atoms with van der Waals surface area (Å²) in [5.41, 5.74) is 8.11. The Morgan fingerprint density at radius 2 is 1.81 bits per heavy atom. The SMILES string of the molecule is Cl.NC(=O)CC1(NC(=O)c2ccc(C3CC3)c(Cc3ccc(F)cc3)n2)CCNCC1. The van der Waals surface area contributed by atoms with Crippen molar-refractivity contribution in [1.82, 2.24) is 15.6 Å². The lowest BCUT2D eigenvalue weighted by Crippen LogP contribution is -2.56. The van der Waals surface area contributed by atoms with Crippen molar-refractivity contribution in [2.45, 2.75) is 50.0 Å². The van der Waals surface area contributed by atoms with E-state index in [1.165, 1.54) is 12.1 Å². The highest BCUT2D eigenvalue weighted by atomic mass is 35.5. The number of nitrogens with one attached hydrogen (secondary N) is 2. The van der Waals surface area contributed by atoms with Crippen molar-refractivity contribution in [3.8, 4) is 0 Å². The molecule has 0 spiro atoms. The summed E-state index contributed by atoms with van der Waals surface area (Å²) in [6.07, 6.45) is 4.19. The molecule has 166 valence electrons. The van der Waals surface area contributed by atoms with Gasteiger partial charge >= 0.3 is 0 Å². The van der Waals surface area contributed by atoms with Crippen LogP contribution < -0.4 is 16.4 Å². The number of amides is 2. The van der Waals surface area contributed by atoms with Crippen LogP contribution in [0.1, 0.15) is 65.3 Å². The van der Waals surface area contributed by atoms with Crippen LogP contribution in [0.5, 0.6) is 0 Å². The van der Waals surface area contributed by atoms with Crippen LogP contribution in [-0.2, 0) is 11.2 Å². The van der Waals surface area contributed by atoms with Crippen molar-refractivity contribution in [2.75, 3.05) is 13.1 Å². The normalized spacial score (nSPS) is 17.5. The molecule has 1 aromatic carbocycles. The number of benzene rings is 1. The van der Waals surface area contributed by atoms with Gasteiger partial charge in [0.2, 0.25) is 5.91 Å². The number of piperidine rings is 1. The van der Waals surface area contributed by atoms with Gasteiger partial charge in [-0.3, -0.25) is 9.59 Å². The Kier molecular flexibility index (Phi) is 7.28. The average Bonchev–Trinajstić information content (AvgIpc) is 3.55. The lowest BCUT2D eigenvalue weighted by Gasteiger charge is -2.37. The van der Waals surface area contributed by atoms with E-state index in [0.29, 0.717) is 30.9 Å². The van der Waals surface area contributed by atoms with E-state index in [4.69, 9.17) is 5.73 Å². The molecule has 2 aliphatic rings. The Bertz CT molecular complexity index is 941. The number of carbonyl (C=O) groups is 2. The fourth-order valence-corrected chi connectivity index (χ4v) is 4.23. The van der Waals surface area contributed by atoms with E-state index in [1.54, 1.807) is 18.2 Å². The molecule has 31 heavy (non-hydrogen) atoms. The zero-order valence-electron chi connectivity index (χ0n) is 17.3. The van der Waals surface area contributed by atoms with Crippen molar-refractivity contribution >= 4 is 24.2 Å². The molecule has 1 saturated carbocycles. The fraction of sp³-hybridized carbons (Fsp3) is 0.435. The number of hydrogen-bond acceptors (Lipinski definition) is 4. The van der Waals surface area contributed by atoms with E-state index in [9.17, 15) is 14.0 Å². The number of aromatic nitrogens is 1. The molecule has 4 rings (SSSR count). The smallest absolute Gasteiger partial charge is 0.270 e. The molecule has 0 atom stereocenters. The maximum Gasteiger partial charge on any atom is 0.270 e. The summed E-state index contributed by atoms with van der Waals surface area (Å²) in [7, 11) is 0. The van der Waals surface area contributed by atoms with Gasteiger partial charge in [0.25, 0.3) is 5.91 Å². The minimum atomic E-state index is -0.637. The van der Waals surface area contributed by atoms with E-state index < -0.39 is 11.4 Å². The predicted octanol–water partition coefficient (Wildman–Crippen LogP) is 2.84. The third-order valence-electron chi connectivity index (χ3n) is 6.00. The number of halogens is 2. The first-order valence-corrected chi connectivity index (χ1v) is 10.5. The molecule has 6 nitrogen and oxygen atoms in total. The quantitative estimate of drug-likeness (QED) is 0.609. The summed E-state index contributed by atoms with van der Waals surface area (Å²) in [4.78, 5) is 29.3. The number of pyridine rings is 1. The highest BCUT2D eigenvalue weighted by Gasteiger charge is 2.36. The van der Waals surface area contributed by atoms with Crippen molar-refractivity contribution in [1.29, 1.82) is 0 Å². The van der Waals surface area contributed by atoms with Gasteiger partial charge in [-0.25, -0.2) is 9.37 Å². The van der Waals surface area contributed by atoms with E-state index in [2.05, 4.69) is 15.6 Å². The molecule has 0 bridgehead atoms. The molecule has 0 unspecified atom stereocenters. The van der Waals surface area contributed by atoms with Crippen LogP contribution >= 0.6 is 12.4 Å². The van der Waals surface area contributed by atoms with E-state index in [1.807, 2.05) is 6.07 Å². The summed E-state index contributed by atoms with van der Waals surface area (Å²) in [6.45, 7) is 1.44. The van der Waals surface area contributed by atoms with Gasteiger partial charge in [-0.15, -0.1) is 12.4 Å². The van der Waals surface area contributed by atoms with Gasteiger partial charge in [0.1, 0.15) is 11.5 Å². The molecule has 8 heteroatoms. The van der Waals surface area contributed by atoms with E-state index >= 15 is 0 Å². The van der Waals surface area contributed by atoms with Gasteiger partial charge in [0, 0.05) is 18.5 Å². The zero-order chi connectivity index (χ0) is 21.1. The zero-order valence-corrected chi connectivity index (χ0v) is 18.1. The van der Waals surface area contributed by atoms with Crippen molar-refractivity contribution in [3.63, 3.8) is 0 Å². The van der Waals surface area contributed by atoms with Crippen molar-refractivity contribution in [3.05, 3.63) is 64.7 Å². The third kappa shape index (κ3) is 5.80. The van der Waals surface area contributed by atoms with Gasteiger partial charge in [-0.2, -0.15) is 0 Å². The molecular weight excluding hydrogens is 419 g/mol. The summed E-state index contributed by atoms with van der Waals surface area (Å²) in [5, 5.41) is 6.30. The van der Waals surface area contributed by atoms with Crippen LogP contribution in [-0.4, -0.2) is 35.4 Å². The Hall–Kier alpha value is -2.51. The highest BCUT2D eigenvalue weighted by Crippen LogP contribution is 2.41. The summed E-state index contributed by atoms with van der Waals surface area (Å²) >= 11 is 0. The number of rotatable bonds is 7. The van der Waals surface area contributed by atoms with Crippen LogP contribution in [0, 0.1) is 5.82 Å². The van der Waals surface area contributed by atoms with Gasteiger partial charge in [-0.1, -0.05) is 18.2 Å². The van der Waals surface area contributed by atoms with Crippen LogP contribution in [0.25, 0.3) is 0 Å². The van der Waals surface area contributed by atoms with Crippen molar-refractivity contribution < 1.29 is 14.0 Å². The predicted molar refractivity (Wildman–Crippen MR) is 119 cm³/mol. The molecule has 2 aromatic rings. The maximum atomic E-state index is 13.3. The fourth-order valence-electron chi connectivity index (χ4n) is 4.23. The number of primary amides is 1. The van der Waals surface area contributed by atoms with Gasteiger partial charge in [-0.05, 0) is 74.0 Å². The minimum Gasteiger partial charge on any atom is -0.370 e. The standard InChI is InChI=1S/C23H27FN4O2.ClH/c24-17-5-1-15(2-6-17)13-20-18(16-3-4-16)7-8-19(27-20)22(30)28-23(14-21(25)29)9-11-26-12-10-23;/h1-2,5-8,16,26H,3-4,9-14H2,(H2,25,29)(H,28,30);1H. The minimum absolute atomic E-state index is 0. The third-order valence-corrected chi connectivity index (χ3v) is 6.00.